The van der Waals surface area contributed by atoms with Gasteiger partial charge in [0.15, 0.2) is 0 Å². The Balaban J connectivity index is 0.00000560. The average molecular weight is 678 g/mol. The molecule has 3 aromatic rings. The molecule has 0 fully saturated rings. The molecular formula is C34H47Br2NO3. The highest BCUT2D eigenvalue weighted by Crippen LogP contribution is 2.36. The highest BCUT2D eigenvalue weighted by Gasteiger charge is 2.27. The van der Waals surface area contributed by atoms with Crippen LogP contribution in [0.3, 0.4) is 0 Å². The first kappa shape index (κ1) is 34.3. The minimum absolute atomic E-state index is 0. The molecule has 0 N–H and O–H groups in total. The summed E-state index contributed by atoms with van der Waals surface area (Å²) >= 11 is 3.58. The Bertz CT molecular complexity index is 1150. The first-order valence-electron chi connectivity index (χ1n) is 13.9. The van der Waals surface area contributed by atoms with Crippen LogP contribution in [0.2, 0.25) is 0 Å². The number of quaternary nitrogens is 1. The van der Waals surface area contributed by atoms with E-state index in [1.54, 1.807) is 0 Å². The second-order valence-corrected chi connectivity index (χ2v) is 13.8. The van der Waals surface area contributed by atoms with E-state index in [1.165, 1.54) is 11.1 Å². The zero-order valence-corrected chi connectivity index (χ0v) is 28.5. The Kier molecular flexibility index (Phi) is 13.2. The molecule has 40 heavy (non-hydrogen) atoms. The molecule has 3 aromatic carbocycles. The molecule has 220 valence electrons. The quantitative estimate of drug-likeness (QED) is 0.169. The Morgan fingerprint density at radius 3 is 1.95 bits per heavy atom. The van der Waals surface area contributed by atoms with Gasteiger partial charge in [0.1, 0.15) is 37.8 Å². The fraction of sp³-hybridized carbons (Fsp3) is 0.471. The number of ether oxygens (including phenoxy) is 3. The molecule has 0 aliphatic carbocycles. The Morgan fingerprint density at radius 1 is 0.725 bits per heavy atom. The minimum atomic E-state index is 0. The van der Waals surface area contributed by atoms with Crippen molar-refractivity contribution in [2.45, 2.75) is 59.6 Å². The lowest BCUT2D eigenvalue weighted by molar-refractivity contribution is -0.904. The van der Waals surface area contributed by atoms with Crippen LogP contribution >= 0.6 is 15.9 Å². The van der Waals surface area contributed by atoms with Gasteiger partial charge in [-0.1, -0.05) is 80.9 Å². The normalized spacial score (nSPS) is 12.1. The van der Waals surface area contributed by atoms with Crippen LogP contribution in [-0.4, -0.2) is 44.9 Å². The maximum atomic E-state index is 5.96. The van der Waals surface area contributed by atoms with E-state index in [0.717, 1.165) is 45.5 Å². The third-order valence-corrected chi connectivity index (χ3v) is 7.61. The van der Waals surface area contributed by atoms with Crippen molar-refractivity contribution in [1.29, 1.82) is 0 Å². The van der Waals surface area contributed by atoms with Crippen molar-refractivity contribution in [3.8, 4) is 11.5 Å². The van der Waals surface area contributed by atoms with E-state index in [9.17, 15) is 0 Å². The molecule has 3 rings (SSSR count). The molecular weight excluding hydrogens is 630 g/mol. The van der Waals surface area contributed by atoms with Gasteiger partial charge < -0.3 is 35.7 Å². The predicted octanol–water partition coefficient (Wildman–Crippen LogP) is 5.42. The number of halogens is 2. The first-order valence-corrected chi connectivity index (χ1v) is 14.7. The van der Waals surface area contributed by atoms with Crippen molar-refractivity contribution in [2.75, 3.05) is 40.5 Å². The molecule has 6 heteroatoms. The Hall–Kier alpha value is -1.86. The van der Waals surface area contributed by atoms with Gasteiger partial charge in [-0.3, -0.25) is 0 Å². The number of benzene rings is 3. The summed E-state index contributed by atoms with van der Waals surface area (Å²) in [5.41, 5.74) is 4.21. The SMILES string of the molecule is CC(C)(C)CC(C)(C)c1ccc(OCCOCC[N+](C)(C)Cc2ccc(OCc3ccccc3Br)cc2)cc1.[Br-]. The van der Waals surface area contributed by atoms with E-state index in [-0.39, 0.29) is 22.4 Å². The molecule has 0 bridgehead atoms. The van der Waals surface area contributed by atoms with Crippen LogP contribution in [0.1, 0.15) is 57.7 Å². The zero-order chi connectivity index (χ0) is 28.5. The summed E-state index contributed by atoms with van der Waals surface area (Å²) in [6, 6.07) is 25.1. The minimum Gasteiger partial charge on any atom is -1.00 e. The van der Waals surface area contributed by atoms with Crippen LogP contribution in [0, 0.1) is 5.41 Å². The molecule has 0 aliphatic rings. The third kappa shape index (κ3) is 11.9. The van der Waals surface area contributed by atoms with Gasteiger partial charge in [-0.2, -0.15) is 0 Å². The fourth-order valence-corrected chi connectivity index (χ4v) is 5.50. The van der Waals surface area contributed by atoms with Gasteiger partial charge in [-0.25, -0.2) is 0 Å². The van der Waals surface area contributed by atoms with Crippen molar-refractivity contribution in [3.05, 3.63) is 94.0 Å². The topological polar surface area (TPSA) is 27.7 Å². The van der Waals surface area contributed by atoms with Gasteiger partial charge in [0.05, 0.1) is 27.3 Å². The molecule has 0 aliphatic heterocycles. The van der Waals surface area contributed by atoms with E-state index < -0.39 is 0 Å². The van der Waals surface area contributed by atoms with Crippen molar-refractivity contribution in [1.82, 2.24) is 0 Å². The molecule has 0 amide bonds. The van der Waals surface area contributed by atoms with Crippen LogP contribution in [-0.2, 0) is 23.3 Å². The second kappa shape index (κ2) is 15.4. The molecule has 0 atom stereocenters. The summed E-state index contributed by atoms with van der Waals surface area (Å²) in [6.45, 7) is 15.8. The highest BCUT2D eigenvalue weighted by atomic mass is 79.9. The van der Waals surface area contributed by atoms with Crippen molar-refractivity contribution in [3.63, 3.8) is 0 Å². The molecule has 0 heterocycles. The molecule has 0 spiro atoms. The molecule has 0 saturated heterocycles. The smallest absolute Gasteiger partial charge is 0.119 e. The highest BCUT2D eigenvalue weighted by molar-refractivity contribution is 9.10. The Labute approximate surface area is 261 Å². The number of likely N-dealkylation sites (N-methyl/N-ethyl adjacent to an activating group) is 1. The van der Waals surface area contributed by atoms with Crippen LogP contribution in [0.5, 0.6) is 11.5 Å². The van der Waals surface area contributed by atoms with Crippen LogP contribution in [0.4, 0.5) is 0 Å². The summed E-state index contributed by atoms with van der Waals surface area (Å²) < 4.78 is 19.7. The van der Waals surface area contributed by atoms with Gasteiger partial charge in [0, 0.05) is 15.6 Å². The van der Waals surface area contributed by atoms with E-state index >= 15 is 0 Å². The number of hydrogen-bond donors (Lipinski definition) is 0. The third-order valence-electron chi connectivity index (χ3n) is 6.83. The van der Waals surface area contributed by atoms with Crippen LogP contribution < -0.4 is 26.5 Å². The van der Waals surface area contributed by atoms with E-state index in [2.05, 4.69) is 119 Å². The lowest BCUT2D eigenvalue weighted by Crippen LogP contribution is -3.00. The summed E-state index contributed by atoms with van der Waals surface area (Å²) in [5, 5.41) is 0. The second-order valence-electron chi connectivity index (χ2n) is 12.9. The standard InChI is InChI=1S/C34H47BrNO3.BrH/c1-33(2,3)26-34(4,5)29-14-18-30(19-15-29)38-23-22-37-21-20-36(6,7)24-27-12-16-31(17-13-27)39-25-28-10-8-9-11-32(28)35;/h8-19H,20-26H2,1-7H3;1H/q+1;/p-1. The number of rotatable bonds is 14. The van der Waals surface area contributed by atoms with Crippen molar-refractivity contribution < 1.29 is 35.7 Å². The van der Waals surface area contributed by atoms with Gasteiger partial charge in [-0.05, 0) is 65.3 Å². The lowest BCUT2D eigenvalue weighted by atomic mass is 9.72. The summed E-state index contributed by atoms with van der Waals surface area (Å²) in [6.07, 6.45) is 1.13. The molecule has 4 nitrogen and oxygen atoms in total. The average Bonchev–Trinajstić information content (AvgIpc) is 2.85. The van der Waals surface area contributed by atoms with Gasteiger partial charge >= 0.3 is 0 Å². The summed E-state index contributed by atoms with van der Waals surface area (Å²) in [4.78, 5) is 0. The predicted molar refractivity (Wildman–Crippen MR) is 165 cm³/mol. The van der Waals surface area contributed by atoms with E-state index in [4.69, 9.17) is 14.2 Å². The fourth-order valence-electron chi connectivity index (χ4n) is 5.10. The largest absolute Gasteiger partial charge is 1.00 e. The van der Waals surface area contributed by atoms with Crippen molar-refractivity contribution >= 4 is 15.9 Å². The zero-order valence-electron chi connectivity index (χ0n) is 25.3. The van der Waals surface area contributed by atoms with Gasteiger partial charge in [0.25, 0.3) is 0 Å². The lowest BCUT2D eigenvalue weighted by Gasteiger charge is -2.33. The van der Waals surface area contributed by atoms with Crippen LogP contribution in [0.15, 0.2) is 77.3 Å². The first-order chi connectivity index (χ1) is 18.3. The maximum Gasteiger partial charge on any atom is 0.119 e. The van der Waals surface area contributed by atoms with E-state index in [1.807, 2.05) is 18.2 Å². The molecule has 0 unspecified atom stereocenters. The maximum absolute atomic E-state index is 5.96. The molecule has 0 saturated carbocycles. The molecule has 0 radical (unpaired) electrons. The summed E-state index contributed by atoms with van der Waals surface area (Å²) in [7, 11) is 4.47. The monoisotopic (exact) mass is 675 g/mol. The number of nitrogens with zero attached hydrogens (tertiary/aromatic N) is 1. The summed E-state index contributed by atoms with van der Waals surface area (Å²) in [5.74, 6) is 1.78. The molecule has 0 aromatic heterocycles. The number of hydrogen-bond acceptors (Lipinski definition) is 3. The Morgan fingerprint density at radius 2 is 1.32 bits per heavy atom. The van der Waals surface area contributed by atoms with Crippen LogP contribution in [0.25, 0.3) is 0 Å². The van der Waals surface area contributed by atoms with Crippen molar-refractivity contribution in [2.24, 2.45) is 5.41 Å². The van der Waals surface area contributed by atoms with Gasteiger partial charge in [-0.15, -0.1) is 0 Å². The van der Waals surface area contributed by atoms with Gasteiger partial charge in [0.2, 0.25) is 0 Å². The van der Waals surface area contributed by atoms with E-state index in [0.29, 0.717) is 31.8 Å².